The molecule has 0 saturated carbocycles. The third kappa shape index (κ3) is 2.68. The van der Waals surface area contributed by atoms with Crippen molar-refractivity contribution in [1.82, 2.24) is 4.98 Å². The van der Waals surface area contributed by atoms with Gasteiger partial charge in [0.05, 0.1) is 12.1 Å². The topological polar surface area (TPSA) is 39.2 Å². The molecule has 0 aliphatic heterocycles. The minimum atomic E-state index is -0.457. The molecule has 0 saturated heterocycles. The Morgan fingerprint density at radius 3 is 2.67 bits per heavy atom. The summed E-state index contributed by atoms with van der Waals surface area (Å²) in [5.74, 6) is -0.457. The average Bonchev–Trinajstić information content (AvgIpc) is 2.05. The van der Waals surface area contributed by atoms with Crippen molar-refractivity contribution in [3.8, 4) is 0 Å². The van der Waals surface area contributed by atoms with E-state index in [0.717, 1.165) is 0 Å². The molecule has 1 aromatic rings. The number of ether oxygens (including phenoxy) is 1. The molecule has 0 fully saturated rings. The summed E-state index contributed by atoms with van der Waals surface area (Å²) in [6.45, 7) is 0. The third-order valence-electron chi connectivity index (χ3n) is 1.12. The van der Waals surface area contributed by atoms with Gasteiger partial charge in [0.25, 0.3) is 0 Å². The SMILES string of the molecule is COC(=O)c1ccc(Cl)cn1.Cl. The second kappa shape index (κ2) is 4.95. The number of hydrogen-bond acceptors (Lipinski definition) is 3. The zero-order valence-corrected chi connectivity index (χ0v) is 7.85. The highest BCUT2D eigenvalue weighted by Gasteiger charge is 2.04. The first-order chi connectivity index (χ1) is 5.24. The summed E-state index contributed by atoms with van der Waals surface area (Å²) in [4.78, 5) is 14.5. The minimum absolute atomic E-state index is 0. The predicted molar refractivity (Wildman–Crippen MR) is 47.8 cm³/mol. The maximum absolute atomic E-state index is 10.8. The lowest BCUT2D eigenvalue weighted by Crippen LogP contribution is -2.02. The van der Waals surface area contributed by atoms with Crippen LogP contribution in [-0.4, -0.2) is 18.1 Å². The van der Waals surface area contributed by atoms with E-state index in [9.17, 15) is 4.79 Å². The molecule has 0 N–H and O–H groups in total. The number of carbonyl (C=O) groups excluding carboxylic acids is 1. The van der Waals surface area contributed by atoms with Gasteiger partial charge in [0.1, 0.15) is 5.69 Å². The molecule has 1 aromatic heterocycles. The maximum Gasteiger partial charge on any atom is 0.356 e. The highest BCUT2D eigenvalue weighted by atomic mass is 35.5. The first-order valence-electron chi connectivity index (χ1n) is 2.94. The standard InChI is InChI=1S/C7H6ClNO2.ClH/c1-11-7(10)6-3-2-5(8)4-9-6;/h2-4H,1H3;1H. The minimum Gasteiger partial charge on any atom is -0.464 e. The molecular weight excluding hydrogens is 201 g/mol. The van der Waals surface area contributed by atoms with Gasteiger partial charge in [-0.3, -0.25) is 0 Å². The van der Waals surface area contributed by atoms with Gasteiger partial charge in [-0.05, 0) is 12.1 Å². The number of rotatable bonds is 1. The highest BCUT2D eigenvalue weighted by Crippen LogP contribution is 2.06. The summed E-state index contributed by atoms with van der Waals surface area (Å²) in [7, 11) is 1.30. The molecule has 3 nitrogen and oxygen atoms in total. The molecule has 0 aliphatic carbocycles. The number of methoxy groups -OCH3 is 1. The summed E-state index contributed by atoms with van der Waals surface area (Å²) >= 11 is 5.54. The Kier molecular flexibility index (Phi) is 4.62. The first kappa shape index (κ1) is 11.2. The van der Waals surface area contributed by atoms with Crippen LogP contribution >= 0.6 is 24.0 Å². The fourth-order valence-electron chi connectivity index (χ4n) is 0.601. The van der Waals surface area contributed by atoms with Crippen LogP contribution in [0.25, 0.3) is 0 Å². The summed E-state index contributed by atoms with van der Waals surface area (Å²) in [6, 6.07) is 3.09. The van der Waals surface area contributed by atoms with Gasteiger partial charge >= 0.3 is 5.97 Å². The number of pyridine rings is 1. The molecular formula is C7H7Cl2NO2. The van der Waals surface area contributed by atoms with Crippen LogP contribution < -0.4 is 0 Å². The van der Waals surface area contributed by atoms with Crippen LogP contribution in [0.5, 0.6) is 0 Å². The zero-order chi connectivity index (χ0) is 8.27. The lowest BCUT2D eigenvalue weighted by molar-refractivity contribution is 0.0594. The Morgan fingerprint density at radius 1 is 1.58 bits per heavy atom. The fraction of sp³-hybridized carbons (Fsp3) is 0.143. The van der Waals surface area contributed by atoms with E-state index in [1.165, 1.54) is 19.4 Å². The van der Waals surface area contributed by atoms with Gasteiger partial charge in [0.15, 0.2) is 0 Å². The van der Waals surface area contributed by atoms with Crippen molar-refractivity contribution < 1.29 is 9.53 Å². The molecule has 66 valence electrons. The van der Waals surface area contributed by atoms with Crippen LogP contribution in [0.3, 0.4) is 0 Å². The smallest absolute Gasteiger partial charge is 0.356 e. The van der Waals surface area contributed by atoms with Crippen molar-refractivity contribution >= 4 is 30.0 Å². The van der Waals surface area contributed by atoms with Gasteiger partial charge in [-0.25, -0.2) is 9.78 Å². The number of esters is 1. The van der Waals surface area contributed by atoms with Crippen LogP contribution in [0, 0.1) is 0 Å². The number of halogens is 2. The molecule has 0 bridgehead atoms. The van der Waals surface area contributed by atoms with Crippen LogP contribution in [0.4, 0.5) is 0 Å². The highest BCUT2D eigenvalue weighted by molar-refractivity contribution is 6.30. The average molecular weight is 208 g/mol. The molecule has 0 amide bonds. The number of hydrogen-bond donors (Lipinski definition) is 0. The molecule has 1 rings (SSSR count). The third-order valence-corrected chi connectivity index (χ3v) is 1.35. The van der Waals surface area contributed by atoms with Gasteiger partial charge in [0, 0.05) is 6.20 Å². The van der Waals surface area contributed by atoms with E-state index in [2.05, 4.69) is 9.72 Å². The second-order valence-electron chi connectivity index (χ2n) is 1.85. The van der Waals surface area contributed by atoms with E-state index in [0.29, 0.717) is 5.02 Å². The van der Waals surface area contributed by atoms with Crippen molar-refractivity contribution in [2.24, 2.45) is 0 Å². The van der Waals surface area contributed by atoms with Gasteiger partial charge in [-0.15, -0.1) is 12.4 Å². The first-order valence-corrected chi connectivity index (χ1v) is 3.31. The number of carbonyl (C=O) groups is 1. The van der Waals surface area contributed by atoms with E-state index in [4.69, 9.17) is 11.6 Å². The molecule has 0 atom stereocenters. The van der Waals surface area contributed by atoms with E-state index >= 15 is 0 Å². The van der Waals surface area contributed by atoms with Crippen molar-refractivity contribution in [3.63, 3.8) is 0 Å². The van der Waals surface area contributed by atoms with Crippen LogP contribution in [0.2, 0.25) is 5.02 Å². The summed E-state index contributed by atoms with van der Waals surface area (Å²) < 4.78 is 4.43. The summed E-state index contributed by atoms with van der Waals surface area (Å²) in [5, 5.41) is 0.498. The molecule has 0 aliphatic rings. The Labute approximate surface area is 81.1 Å². The molecule has 1 heterocycles. The lowest BCUT2D eigenvalue weighted by atomic mass is 10.3. The second-order valence-corrected chi connectivity index (χ2v) is 2.29. The van der Waals surface area contributed by atoms with Crippen molar-refractivity contribution in [1.29, 1.82) is 0 Å². The largest absolute Gasteiger partial charge is 0.464 e. The van der Waals surface area contributed by atoms with Gasteiger partial charge in [-0.1, -0.05) is 11.6 Å². The van der Waals surface area contributed by atoms with Crippen LogP contribution in [0.15, 0.2) is 18.3 Å². The predicted octanol–water partition coefficient (Wildman–Crippen LogP) is 1.94. The summed E-state index contributed by atoms with van der Waals surface area (Å²) in [6.07, 6.45) is 1.40. The zero-order valence-electron chi connectivity index (χ0n) is 6.28. The van der Waals surface area contributed by atoms with Crippen LogP contribution in [-0.2, 0) is 4.74 Å². The molecule has 0 aromatic carbocycles. The Hall–Kier alpha value is -0.800. The molecule has 0 radical (unpaired) electrons. The monoisotopic (exact) mass is 207 g/mol. The summed E-state index contributed by atoms with van der Waals surface area (Å²) in [5.41, 5.74) is 0.261. The van der Waals surface area contributed by atoms with E-state index in [1.807, 2.05) is 0 Å². The van der Waals surface area contributed by atoms with Crippen LogP contribution in [0.1, 0.15) is 10.5 Å². The molecule has 0 spiro atoms. The van der Waals surface area contributed by atoms with E-state index in [-0.39, 0.29) is 18.1 Å². The maximum atomic E-state index is 10.8. The van der Waals surface area contributed by atoms with Crippen molar-refractivity contribution in [2.75, 3.05) is 7.11 Å². The lowest BCUT2D eigenvalue weighted by Gasteiger charge is -1.96. The van der Waals surface area contributed by atoms with Gasteiger partial charge in [-0.2, -0.15) is 0 Å². The molecule has 0 unspecified atom stereocenters. The number of aromatic nitrogens is 1. The van der Waals surface area contributed by atoms with Gasteiger partial charge < -0.3 is 4.74 Å². The fourth-order valence-corrected chi connectivity index (χ4v) is 0.713. The Balaban J connectivity index is 0.00000121. The van der Waals surface area contributed by atoms with E-state index < -0.39 is 5.97 Å². The Morgan fingerprint density at radius 2 is 2.25 bits per heavy atom. The molecule has 12 heavy (non-hydrogen) atoms. The quantitative estimate of drug-likeness (QED) is 0.662. The molecule has 5 heteroatoms. The van der Waals surface area contributed by atoms with Gasteiger partial charge in [0.2, 0.25) is 0 Å². The number of nitrogens with zero attached hydrogens (tertiary/aromatic N) is 1. The van der Waals surface area contributed by atoms with E-state index in [1.54, 1.807) is 6.07 Å². The Bertz CT molecular complexity index is 261. The van der Waals surface area contributed by atoms with Crippen molar-refractivity contribution in [2.45, 2.75) is 0 Å². The van der Waals surface area contributed by atoms with Crippen molar-refractivity contribution in [3.05, 3.63) is 29.0 Å². The normalized spacial score (nSPS) is 8.50.